The third-order valence-electron chi connectivity index (χ3n) is 5.41. The van der Waals surface area contributed by atoms with Crippen LogP contribution in [-0.4, -0.2) is 12.4 Å². The fourth-order valence-electron chi connectivity index (χ4n) is 3.96. The Bertz CT molecular complexity index is 1100. The summed E-state index contributed by atoms with van der Waals surface area (Å²) < 4.78 is 0. The minimum Gasteiger partial charge on any atom is -0.369 e. The van der Waals surface area contributed by atoms with Crippen molar-refractivity contribution in [1.82, 2.24) is 0 Å². The molecule has 146 valence electrons. The quantitative estimate of drug-likeness (QED) is 0.373. The van der Waals surface area contributed by atoms with Gasteiger partial charge < -0.3 is 10.2 Å². The van der Waals surface area contributed by atoms with E-state index in [1.54, 1.807) is 0 Å². The van der Waals surface area contributed by atoms with Crippen LogP contribution in [0.1, 0.15) is 16.7 Å². The number of hydrogen-bond acceptors (Lipinski definition) is 3. The van der Waals surface area contributed by atoms with Gasteiger partial charge >= 0.3 is 0 Å². The summed E-state index contributed by atoms with van der Waals surface area (Å²) in [6, 6.07) is 25.8. The number of aryl methyl sites for hydroxylation is 1. The van der Waals surface area contributed by atoms with Crippen LogP contribution in [0.3, 0.4) is 0 Å². The Morgan fingerprint density at radius 2 is 1.69 bits per heavy atom. The second kappa shape index (κ2) is 8.28. The zero-order valence-corrected chi connectivity index (χ0v) is 19.6. The highest BCUT2D eigenvalue weighted by Gasteiger charge is 2.24. The van der Waals surface area contributed by atoms with E-state index in [9.17, 15) is 0 Å². The number of thioether (sulfide) groups is 1. The molecule has 2 nitrogen and oxygen atoms in total. The van der Waals surface area contributed by atoms with Crippen LogP contribution < -0.4 is 10.2 Å². The maximum absolute atomic E-state index is 3.69. The lowest BCUT2D eigenvalue weighted by molar-refractivity contribution is 1.19. The van der Waals surface area contributed by atoms with Crippen LogP contribution in [0.4, 0.5) is 11.4 Å². The number of para-hydroxylation sites is 2. The van der Waals surface area contributed by atoms with Crippen molar-refractivity contribution in [3.63, 3.8) is 0 Å². The number of allylic oxidation sites excluding steroid dienone is 2. The predicted octanol–water partition coefficient (Wildman–Crippen LogP) is 7.03. The van der Waals surface area contributed by atoms with Gasteiger partial charge in [-0.2, -0.15) is 0 Å². The van der Waals surface area contributed by atoms with E-state index in [1.807, 2.05) is 11.8 Å². The summed E-state index contributed by atoms with van der Waals surface area (Å²) >= 11 is 1.89. The summed E-state index contributed by atoms with van der Waals surface area (Å²) in [7, 11) is 2.15. The molecule has 1 N–H and O–H groups in total. The molecule has 0 fully saturated rings. The molecular weight excluding hydrogens is 487 g/mol. The first kappa shape index (κ1) is 20.1. The van der Waals surface area contributed by atoms with Crippen molar-refractivity contribution in [2.24, 2.45) is 0 Å². The maximum atomic E-state index is 3.69. The van der Waals surface area contributed by atoms with Crippen LogP contribution in [0.15, 0.2) is 89.8 Å². The van der Waals surface area contributed by atoms with E-state index in [0.29, 0.717) is 0 Å². The van der Waals surface area contributed by atoms with Gasteiger partial charge in [0.15, 0.2) is 0 Å². The zero-order valence-electron chi connectivity index (χ0n) is 16.4. The highest BCUT2D eigenvalue weighted by Crippen LogP contribution is 2.44. The normalized spacial score (nSPS) is 18.4. The van der Waals surface area contributed by atoms with Crippen molar-refractivity contribution in [2.45, 2.75) is 17.2 Å². The van der Waals surface area contributed by atoms with Crippen molar-refractivity contribution in [2.75, 3.05) is 17.3 Å². The second-order valence-corrected chi connectivity index (χ2v) is 8.41. The number of anilines is 2. The van der Waals surface area contributed by atoms with E-state index >= 15 is 0 Å². The Balaban J connectivity index is 0.00000205. The van der Waals surface area contributed by atoms with Gasteiger partial charge in [0.1, 0.15) is 0 Å². The molecule has 0 bridgehead atoms. The monoisotopic (exact) mass is 510 g/mol. The van der Waals surface area contributed by atoms with Crippen LogP contribution in [0.25, 0.3) is 11.3 Å². The highest BCUT2D eigenvalue weighted by atomic mass is 127. The van der Waals surface area contributed by atoms with Gasteiger partial charge in [-0.1, -0.05) is 72.4 Å². The lowest BCUT2D eigenvalue weighted by Gasteiger charge is -2.31. The smallest absolute Gasteiger partial charge is 0.0966 e. The van der Waals surface area contributed by atoms with Crippen LogP contribution in [-0.2, 0) is 0 Å². The molecule has 0 aliphatic carbocycles. The van der Waals surface area contributed by atoms with Crippen LogP contribution in [0.2, 0.25) is 0 Å². The number of fused-ring (bicyclic) bond motifs is 2. The number of benzene rings is 3. The third kappa shape index (κ3) is 3.71. The standard InChI is InChI=1S/C25H22N2S.HI/c1-17-9-8-14-23-25(17)26-24(28-23)16-19-15-22(18-10-4-3-5-11-18)27(2)21-13-7-6-12-20(19)21;/h3-16,24,26H,1-2H3;1H. The van der Waals surface area contributed by atoms with E-state index in [-0.39, 0.29) is 29.4 Å². The minimum absolute atomic E-state index is 0. The molecule has 1 unspecified atom stereocenters. The zero-order chi connectivity index (χ0) is 19.1. The largest absolute Gasteiger partial charge is 0.369 e. The fourth-order valence-corrected chi connectivity index (χ4v) is 5.12. The van der Waals surface area contributed by atoms with Gasteiger partial charge in [0.25, 0.3) is 0 Å². The molecular formula is C25H23IN2S. The Labute approximate surface area is 193 Å². The van der Waals surface area contributed by atoms with E-state index in [2.05, 4.69) is 109 Å². The average molecular weight is 510 g/mol. The van der Waals surface area contributed by atoms with Gasteiger partial charge in [-0.15, -0.1) is 24.0 Å². The molecule has 3 aromatic rings. The summed E-state index contributed by atoms with van der Waals surface area (Å²) in [6.45, 7) is 2.17. The summed E-state index contributed by atoms with van der Waals surface area (Å²) in [6.07, 6.45) is 4.68. The van der Waals surface area contributed by atoms with E-state index in [1.165, 1.54) is 44.2 Å². The van der Waals surface area contributed by atoms with E-state index in [0.717, 1.165) is 0 Å². The summed E-state index contributed by atoms with van der Waals surface area (Å²) in [5, 5.41) is 3.92. The van der Waals surface area contributed by atoms with Gasteiger partial charge in [-0.3, -0.25) is 0 Å². The van der Waals surface area contributed by atoms with Crippen molar-refractivity contribution in [3.05, 3.63) is 102 Å². The van der Waals surface area contributed by atoms with Gasteiger partial charge in [-0.05, 0) is 47.9 Å². The van der Waals surface area contributed by atoms with Crippen molar-refractivity contribution in [1.29, 1.82) is 0 Å². The van der Waals surface area contributed by atoms with Gasteiger partial charge in [0.2, 0.25) is 0 Å². The molecule has 0 amide bonds. The maximum Gasteiger partial charge on any atom is 0.0966 e. The topological polar surface area (TPSA) is 15.3 Å². The Morgan fingerprint density at radius 1 is 0.931 bits per heavy atom. The number of rotatable bonds is 2. The molecule has 2 aliphatic heterocycles. The molecule has 2 aliphatic rings. The fraction of sp³-hybridized carbons (Fsp3) is 0.120. The van der Waals surface area contributed by atoms with Crippen molar-refractivity contribution in [3.8, 4) is 0 Å². The lowest BCUT2D eigenvalue weighted by atomic mass is 9.95. The van der Waals surface area contributed by atoms with Crippen LogP contribution in [0.5, 0.6) is 0 Å². The first-order valence-electron chi connectivity index (χ1n) is 9.55. The number of halogens is 1. The molecule has 3 aromatic carbocycles. The van der Waals surface area contributed by atoms with Crippen molar-refractivity contribution >= 4 is 58.4 Å². The average Bonchev–Trinajstić information content (AvgIpc) is 3.15. The second-order valence-electron chi connectivity index (χ2n) is 7.22. The number of nitrogens with zero attached hydrogens (tertiary/aromatic N) is 1. The molecule has 0 saturated carbocycles. The Hall–Kier alpha value is -2.18. The highest BCUT2D eigenvalue weighted by molar-refractivity contribution is 14.0. The summed E-state index contributed by atoms with van der Waals surface area (Å²) in [5.41, 5.74) is 8.81. The van der Waals surface area contributed by atoms with Crippen molar-refractivity contribution < 1.29 is 0 Å². The number of nitrogens with one attached hydrogen (secondary N) is 1. The van der Waals surface area contributed by atoms with Gasteiger partial charge in [-0.25, -0.2) is 0 Å². The predicted molar refractivity (Wildman–Crippen MR) is 137 cm³/mol. The molecule has 0 spiro atoms. The SMILES string of the molecule is Cc1cccc2c1NC(C=C1C=C(c3ccccc3)N(C)c3ccccc31)S2.I. The molecule has 29 heavy (non-hydrogen) atoms. The molecule has 5 rings (SSSR count). The molecule has 4 heteroatoms. The molecule has 2 heterocycles. The molecule has 0 saturated heterocycles. The summed E-state index contributed by atoms with van der Waals surface area (Å²) in [5.74, 6) is 0. The first-order chi connectivity index (χ1) is 13.7. The van der Waals surface area contributed by atoms with Crippen LogP contribution in [0, 0.1) is 6.92 Å². The van der Waals surface area contributed by atoms with Gasteiger partial charge in [0, 0.05) is 28.9 Å². The molecule has 1 atom stereocenters. The van der Waals surface area contributed by atoms with Crippen LogP contribution >= 0.6 is 35.7 Å². The first-order valence-corrected chi connectivity index (χ1v) is 10.4. The molecule has 0 aromatic heterocycles. The molecule has 0 radical (unpaired) electrons. The Morgan fingerprint density at radius 3 is 2.48 bits per heavy atom. The summed E-state index contributed by atoms with van der Waals surface area (Å²) in [4.78, 5) is 3.62. The minimum atomic E-state index is 0. The van der Waals surface area contributed by atoms with Gasteiger partial charge in [0.05, 0.1) is 11.1 Å². The third-order valence-corrected chi connectivity index (χ3v) is 6.51. The lowest BCUT2D eigenvalue weighted by Crippen LogP contribution is -2.20. The van der Waals surface area contributed by atoms with E-state index in [4.69, 9.17) is 0 Å². The Kier molecular flexibility index (Phi) is 5.74. The van der Waals surface area contributed by atoms with E-state index < -0.39 is 0 Å². The number of hydrogen-bond donors (Lipinski definition) is 1.